The number of nitrogens with two attached hydrogens (primary N) is 1. The normalized spacial score (nSPS) is 8.62. The third-order valence-corrected chi connectivity index (χ3v) is 1.36. The van der Waals surface area contributed by atoms with Crippen LogP contribution in [0.25, 0.3) is 0 Å². The molecule has 1 aromatic carbocycles. The van der Waals surface area contributed by atoms with E-state index in [-0.39, 0.29) is 5.75 Å². The first-order valence-corrected chi connectivity index (χ1v) is 3.81. The maximum absolute atomic E-state index is 8.79. The number of anilines is 1. The Morgan fingerprint density at radius 1 is 1.00 bits per heavy atom. The standard InChI is InChI=1S/C6H7NO.C4H4O/c7-5-3-1-2-4-6(5)8;1-2-4-5-3-1/h1-4,8H,7H2;1-4H. The number of phenolic OH excluding ortho intramolecular Hbond substituents is 1. The van der Waals surface area contributed by atoms with Crippen LogP contribution >= 0.6 is 0 Å². The quantitative estimate of drug-likeness (QED) is 0.479. The first kappa shape index (κ1) is 9.19. The van der Waals surface area contributed by atoms with Gasteiger partial charge in [0.25, 0.3) is 0 Å². The monoisotopic (exact) mass is 177 g/mol. The fraction of sp³-hybridized carbons (Fsp3) is 0. The molecule has 1 heterocycles. The van der Waals surface area contributed by atoms with Crippen LogP contribution in [0.15, 0.2) is 53.3 Å². The highest BCUT2D eigenvalue weighted by atomic mass is 16.3. The summed E-state index contributed by atoms with van der Waals surface area (Å²) in [5.74, 6) is 0.146. The van der Waals surface area contributed by atoms with Gasteiger partial charge in [-0.3, -0.25) is 0 Å². The maximum atomic E-state index is 8.79. The fourth-order valence-corrected chi connectivity index (χ4v) is 0.714. The lowest BCUT2D eigenvalue weighted by molar-refractivity contribution is 0.478. The Hall–Kier alpha value is -1.90. The summed E-state index contributed by atoms with van der Waals surface area (Å²) in [5.41, 5.74) is 5.69. The molecule has 68 valence electrons. The number of hydrogen-bond acceptors (Lipinski definition) is 3. The molecule has 1 aromatic heterocycles. The Kier molecular flexibility index (Phi) is 3.45. The zero-order valence-electron chi connectivity index (χ0n) is 7.05. The minimum absolute atomic E-state index is 0.146. The maximum Gasteiger partial charge on any atom is 0.138 e. The Morgan fingerprint density at radius 3 is 1.92 bits per heavy atom. The molecule has 0 aliphatic rings. The highest BCUT2D eigenvalue weighted by Gasteiger charge is 1.87. The lowest BCUT2D eigenvalue weighted by Gasteiger charge is -1.92. The van der Waals surface area contributed by atoms with Crippen LogP contribution < -0.4 is 5.73 Å². The van der Waals surface area contributed by atoms with Crippen LogP contribution in [0.1, 0.15) is 0 Å². The largest absolute Gasteiger partial charge is 0.506 e. The van der Waals surface area contributed by atoms with E-state index < -0.39 is 0 Å². The summed E-state index contributed by atoms with van der Waals surface area (Å²) in [7, 11) is 0. The van der Waals surface area contributed by atoms with Crippen LogP contribution in [0.4, 0.5) is 5.69 Å². The van der Waals surface area contributed by atoms with Gasteiger partial charge in [0, 0.05) is 0 Å². The van der Waals surface area contributed by atoms with E-state index in [1.165, 1.54) is 0 Å². The molecule has 0 fully saturated rings. The van der Waals surface area contributed by atoms with E-state index in [1.807, 2.05) is 12.1 Å². The molecule has 3 N–H and O–H groups in total. The summed E-state index contributed by atoms with van der Waals surface area (Å²) in [6.07, 6.45) is 3.25. The van der Waals surface area contributed by atoms with Crippen LogP contribution in [0.5, 0.6) is 5.75 Å². The average Bonchev–Trinajstić information content (AvgIpc) is 2.68. The van der Waals surface area contributed by atoms with Crippen LogP contribution in [-0.4, -0.2) is 5.11 Å². The van der Waals surface area contributed by atoms with Crippen molar-refractivity contribution in [1.82, 2.24) is 0 Å². The van der Waals surface area contributed by atoms with Crippen molar-refractivity contribution < 1.29 is 9.52 Å². The second-order valence-corrected chi connectivity index (χ2v) is 2.35. The van der Waals surface area contributed by atoms with Crippen molar-refractivity contribution >= 4 is 5.69 Å². The van der Waals surface area contributed by atoms with Crippen molar-refractivity contribution in [3.8, 4) is 5.75 Å². The van der Waals surface area contributed by atoms with Crippen molar-refractivity contribution in [3.05, 3.63) is 48.9 Å². The molecule has 0 saturated heterocycles. The third-order valence-electron chi connectivity index (χ3n) is 1.36. The van der Waals surface area contributed by atoms with Gasteiger partial charge in [0.05, 0.1) is 18.2 Å². The number of benzene rings is 1. The first-order valence-electron chi connectivity index (χ1n) is 3.81. The molecule has 0 bridgehead atoms. The molecular formula is C10H11NO2. The van der Waals surface area contributed by atoms with Crippen molar-refractivity contribution in [3.63, 3.8) is 0 Å². The van der Waals surface area contributed by atoms with E-state index in [4.69, 9.17) is 10.8 Å². The van der Waals surface area contributed by atoms with Gasteiger partial charge in [-0.05, 0) is 24.3 Å². The van der Waals surface area contributed by atoms with Crippen molar-refractivity contribution in [2.24, 2.45) is 0 Å². The Morgan fingerprint density at radius 2 is 1.62 bits per heavy atom. The highest BCUT2D eigenvalue weighted by Crippen LogP contribution is 2.16. The molecule has 13 heavy (non-hydrogen) atoms. The van der Waals surface area contributed by atoms with Gasteiger partial charge in [-0.25, -0.2) is 0 Å². The molecule has 0 aliphatic carbocycles. The van der Waals surface area contributed by atoms with Crippen molar-refractivity contribution in [2.75, 3.05) is 5.73 Å². The van der Waals surface area contributed by atoms with E-state index in [2.05, 4.69) is 4.42 Å². The fourth-order valence-electron chi connectivity index (χ4n) is 0.714. The number of phenols is 1. The molecule has 0 atom stereocenters. The predicted octanol–water partition coefficient (Wildman–Crippen LogP) is 2.25. The number of para-hydroxylation sites is 2. The molecule has 0 amide bonds. The SMILES string of the molecule is Nc1ccccc1O.c1ccoc1. The second-order valence-electron chi connectivity index (χ2n) is 2.35. The first-order chi connectivity index (χ1) is 6.30. The molecular weight excluding hydrogens is 166 g/mol. The Balaban J connectivity index is 0.000000145. The molecule has 2 aromatic rings. The van der Waals surface area contributed by atoms with Gasteiger partial charge < -0.3 is 15.3 Å². The lowest BCUT2D eigenvalue weighted by atomic mass is 10.3. The van der Waals surface area contributed by atoms with E-state index in [0.29, 0.717) is 5.69 Å². The predicted molar refractivity (Wildman–Crippen MR) is 51.2 cm³/mol. The van der Waals surface area contributed by atoms with E-state index in [9.17, 15) is 0 Å². The van der Waals surface area contributed by atoms with Crippen LogP contribution in [0, 0.1) is 0 Å². The molecule has 0 aliphatic heterocycles. The van der Waals surface area contributed by atoms with E-state index >= 15 is 0 Å². The summed E-state index contributed by atoms with van der Waals surface area (Å²) in [5, 5.41) is 8.79. The minimum atomic E-state index is 0.146. The Labute approximate surface area is 76.4 Å². The molecule has 0 spiro atoms. The number of rotatable bonds is 0. The summed E-state index contributed by atoms with van der Waals surface area (Å²) in [4.78, 5) is 0. The second kappa shape index (κ2) is 4.87. The van der Waals surface area contributed by atoms with Gasteiger partial charge in [0.15, 0.2) is 0 Å². The van der Waals surface area contributed by atoms with Gasteiger partial charge >= 0.3 is 0 Å². The van der Waals surface area contributed by atoms with Crippen molar-refractivity contribution in [2.45, 2.75) is 0 Å². The summed E-state index contributed by atoms with van der Waals surface area (Å²) < 4.78 is 4.58. The molecule has 2 rings (SSSR count). The summed E-state index contributed by atoms with van der Waals surface area (Å²) >= 11 is 0. The van der Waals surface area contributed by atoms with Gasteiger partial charge in [0.1, 0.15) is 5.75 Å². The van der Waals surface area contributed by atoms with Crippen molar-refractivity contribution in [1.29, 1.82) is 0 Å². The van der Waals surface area contributed by atoms with E-state index in [0.717, 1.165) is 0 Å². The number of aromatic hydroxyl groups is 1. The zero-order valence-corrected chi connectivity index (χ0v) is 7.05. The van der Waals surface area contributed by atoms with Gasteiger partial charge in [-0.2, -0.15) is 0 Å². The zero-order chi connectivity index (χ0) is 9.52. The molecule has 0 saturated carbocycles. The smallest absolute Gasteiger partial charge is 0.138 e. The number of nitrogen functional groups attached to an aromatic ring is 1. The topological polar surface area (TPSA) is 59.4 Å². The van der Waals surface area contributed by atoms with Crippen LogP contribution in [0.3, 0.4) is 0 Å². The minimum Gasteiger partial charge on any atom is -0.506 e. The molecule has 0 radical (unpaired) electrons. The van der Waals surface area contributed by atoms with Gasteiger partial charge in [-0.15, -0.1) is 0 Å². The van der Waals surface area contributed by atoms with Crippen LogP contribution in [0.2, 0.25) is 0 Å². The van der Waals surface area contributed by atoms with Crippen LogP contribution in [-0.2, 0) is 0 Å². The molecule has 3 heteroatoms. The van der Waals surface area contributed by atoms with E-state index in [1.54, 1.807) is 36.8 Å². The molecule has 0 unspecified atom stereocenters. The summed E-state index contributed by atoms with van der Waals surface area (Å²) in [6, 6.07) is 10.4. The average molecular weight is 177 g/mol. The highest BCUT2D eigenvalue weighted by molar-refractivity contribution is 5.50. The van der Waals surface area contributed by atoms with Gasteiger partial charge in [0.2, 0.25) is 0 Å². The van der Waals surface area contributed by atoms with Gasteiger partial charge in [-0.1, -0.05) is 12.1 Å². The third kappa shape index (κ3) is 3.33. The molecule has 3 nitrogen and oxygen atoms in total. The summed E-state index contributed by atoms with van der Waals surface area (Å²) in [6.45, 7) is 0. The lowest BCUT2D eigenvalue weighted by Crippen LogP contribution is -1.82. The Bertz CT molecular complexity index is 292. The number of furan rings is 1. The number of hydrogen-bond donors (Lipinski definition) is 2.